The first kappa shape index (κ1) is 12.8. The van der Waals surface area contributed by atoms with Gasteiger partial charge in [0.05, 0.1) is 6.42 Å². The van der Waals surface area contributed by atoms with Gasteiger partial charge in [0.1, 0.15) is 0 Å². The number of halogens is 1. The van der Waals surface area contributed by atoms with E-state index < -0.39 is 5.97 Å². The summed E-state index contributed by atoms with van der Waals surface area (Å²) >= 11 is 3.95. The lowest BCUT2D eigenvalue weighted by Crippen LogP contribution is -2.05. The molecule has 1 atom stereocenters. The highest BCUT2D eigenvalue weighted by Crippen LogP contribution is 2.20. The van der Waals surface area contributed by atoms with Gasteiger partial charge in [0.25, 0.3) is 0 Å². The number of benzene rings is 1. The second-order valence-corrected chi connectivity index (χ2v) is 6.02. The molecule has 0 fully saturated rings. The van der Waals surface area contributed by atoms with Gasteiger partial charge in [0.2, 0.25) is 0 Å². The molecule has 1 unspecified atom stereocenters. The van der Waals surface area contributed by atoms with Crippen LogP contribution in [-0.4, -0.2) is 16.3 Å². The lowest BCUT2D eigenvalue weighted by molar-refractivity contribution is -0.136. The molecule has 15 heavy (non-hydrogen) atoms. The molecule has 0 amide bonds. The van der Waals surface area contributed by atoms with Crippen LogP contribution in [0.15, 0.2) is 24.3 Å². The number of aliphatic carboxylic acids is 1. The number of rotatable bonds is 5. The van der Waals surface area contributed by atoms with Gasteiger partial charge in [-0.2, -0.15) is 11.8 Å². The smallest absolute Gasteiger partial charge is 0.304 e. The second kappa shape index (κ2) is 6.37. The van der Waals surface area contributed by atoms with Crippen LogP contribution in [0.1, 0.15) is 18.9 Å². The predicted molar refractivity (Wildman–Crippen MR) is 72.2 cm³/mol. The summed E-state index contributed by atoms with van der Waals surface area (Å²) in [4.78, 5) is 10.5. The number of thioether (sulfide) groups is 1. The molecule has 0 aliphatic rings. The largest absolute Gasteiger partial charge is 0.481 e. The Kier molecular flexibility index (Phi) is 5.45. The summed E-state index contributed by atoms with van der Waals surface area (Å²) in [5, 5.41) is 8.77. The average Bonchev–Trinajstić information content (AvgIpc) is 2.16. The topological polar surface area (TPSA) is 37.3 Å². The molecule has 0 saturated heterocycles. The molecule has 82 valence electrons. The monoisotopic (exact) mass is 336 g/mol. The lowest BCUT2D eigenvalue weighted by Gasteiger charge is -2.08. The molecule has 0 radical (unpaired) electrons. The number of hydrogen-bond donors (Lipinski definition) is 1. The van der Waals surface area contributed by atoms with Crippen molar-refractivity contribution in [2.75, 3.05) is 0 Å². The van der Waals surface area contributed by atoms with Gasteiger partial charge in [-0.15, -0.1) is 0 Å². The van der Waals surface area contributed by atoms with E-state index in [-0.39, 0.29) is 11.7 Å². The molecule has 0 saturated carbocycles. The third-order valence-electron chi connectivity index (χ3n) is 1.91. The van der Waals surface area contributed by atoms with Crippen LogP contribution in [0.25, 0.3) is 0 Å². The summed E-state index contributed by atoms with van der Waals surface area (Å²) in [6, 6.07) is 8.31. The molecule has 1 N–H and O–H groups in total. The third kappa shape index (κ3) is 5.41. The van der Waals surface area contributed by atoms with Gasteiger partial charge in [-0.25, -0.2) is 0 Å². The van der Waals surface area contributed by atoms with Crippen molar-refractivity contribution in [3.05, 3.63) is 33.4 Å². The maximum Gasteiger partial charge on any atom is 0.304 e. The molecular weight excluding hydrogens is 323 g/mol. The number of carboxylic acids is 1. The summed E-state index contributed by atoms with van der Waals surface area (Å²) < 4.78 is 1.22. The molecule has 0 spiro atoms. The lowest BCUT2D eigenvalue weighted by atomic mass is 10.2. The molecular formula is C11H13IO2S. The molecule has 1 rings (SSSR count). The maximum atomic E-state index is 10.5. The third-order valence-corrected chi connectivity index (χ3v) is 3.86. The highest BCUT2D eigenvalue weighted by molar-refractivity contribution is 14.1. The highest BCUT2D eigenvalue weighted by atomic mass is 127. The number of carbonyl (C=O) groups is 1. The fourth-order valence-electron chi connectivity index (χ4n) is 1.12. The Morgan fingerprint density at radius 1 is 1.47 bits per heavy atom. The Morgan fingerprint density at radius 2 is 2.07 bits per heavy atom. The van der Waals surface area contributed by atoms with Crippen LogP contribution in [0.2, 0.25) is 0 Å². The van der Waals surface area contributed by atoms with E-state index in [2.05, 4.69) is 46.9 Å². The average molecular weight is 336 g/mol. The van der Waals surface area contributed by atoms with Gasteiger partial charge in [0, 0.05) is 14.6 Å². The Balaban J connectivity index is 2.36. The van der Waals surface area contributed by atoms with Crippen molar-refractivity contribution < 1.29 is 9.90 Å². The quantitative estimate of drug-likeness (QED) is 0.838. The SMILES string of the molecule is CC(CC(=O)O)SCc1ccc(I)cc1. The van der Waals surface area contributed by atoms with Crippen molar-refractivity contribution in [1.82, 2.24) is 0 Å². The molecule has 2 nitrogen and oxygen atoms in total. The van der Waals surface area contributed by atoms with Crippen LogP contribution in [0, 0.1) is 3.57 Å². The molecule has 0 aliphatic carbocycles. The van der Waals surface area contributed by atoms with Gasteiger partial charge >= 0.3 is 5.97 Å². The van der Waals surface area contributed by atoms with E-state index in [4.69, 9.17) is 5.11 Å². The van der Waals surface area contributed by atoms with Crippen LogP contribution in [-0.2, 0) is 10.5 Å². The standard InChI is InChI=1S/C11H13IO2S/c1-8(6-11(13)14)15-7-9-2-4-10(12)5-3-9/h2-5,8H,6-7H2,1H3,(H,13,14). The van der Waals surface area contributed by atoms with E-state index in [1.54, 1.807) is 11.8 Å². The minimum atomic E-state index is -0.724. The summed E-state index contributed by atoms with van der Waals surface area (Å²) in [7, 11) is 0. The zero-order valence-corrected chi connectivity index (χ0v) is 11.4. The van der Waals surface area contributed by atoms with Crippen molar-refractivity contribution >= 4 is 40.3 Å². The molecule has 1 aromatic rings. The van der Waals surface area contributed by atoms with Crippen LogP contribution >= 0.6 is 34.4 Å². The van der Waals surface area contributed by atoms with Gasteiger partial charge in [-0.1, -0.05) is 19.1 Å². The van der Waals surface area contributed by atoms with Gasteiger partial charge < -0.3 is 5.11 Å². The summed E-state index contributed by atoms with van der Waals surface area (Å²) in [5.74, 6) is 0.156. The summed E-state index contributed by atoms with van der Waals surface area (Å²) in [6.07, 6.45) is 0.231. The highest BCUT2D eigenvalue weighted by Gasteiger charge is 2.07. The van der Waals surface area contributed by atoms with Gasteiger partial charge in [-0.3, -0.25) is 4.79 Å². The maximum absolute atomic E-state index is 10.5. The first-order chi connectivity index (χ1) is 7.08. The molecule has 1 aromatic carbocycles. The number of carboxylic acid groups (broad SMARTS) is 1. The van der Waals surface area contributed by atoms with Crippen LogP contribution in [0.5, 0.6) is 0 Å². The van der Waals surface area contributed by atoms with Crippen LogP contribution in [0.4, 0.5) is 0 Å². The number of hydrogen-bond acceptors (Lipinski definition) is 2. The van der Waals surface area contributed by atoms with Crippen LogP contribution < -0.4 is 0 Å². The zero-order chi connectivity index (χ0) is 11.3. The van der Waals surface area contributed by atoms with E-state index >= 15 is 0 Å². The second-order valence-electron chi connectivity index (χ2n) is 3.35. The molecule has 0 aliphatic heterocycles. The minimum Gasteiger partial charge on any atom is -0.481 e. The van der Waals surface area contributed by atoms with Crippen molar-refractivity contribution in [3.8, 4) is 0 Å². The van der Waals surface area contributed by atoms with E-state index in [0.29, 0.717) is 0 Å². The molecule has 0 heterocycles. The zero-order valence-electron chi connectivity index (χ0n) is 8.44. The molecule has 4 heteroatoms. The van der Waals surface area contributed by atoms with Crippen molar-refractivity contribution in [1.29, 1.82) is 0 Å². The van der Waals surface area contributed by atoms with Crippen LogP contribution in [0.3, 0.4) is 0 Å². The minimum absolute atomic E-state index is 0.168. The van der Waals surface area contributed by atoms with E-state index in [9.17, 15) is 4.79 Å². The van der Waals surface area contributed by atoms with Gasteiger partial charge in [-0.05, 0) is 40.3 Å². The normalized spacial score (nSPS) is 12.4. The predicted octanol–water partition coefficient (Wildman–Crippen LogP) is 3.39. The fraction of sp³-hybridized carbons (Fsp3) is 0.364. The Hall–Kier alpha value is -0.230. The van der Waals surface area contributed by atoms with Gasteiger partial charge in [0.15, 0.2) is 0 Å². The summed E-state index contributed by atoms with van der Waals surface area (Å²) in [6.45, 7) is 1.95. The van der Waals surface area contributed by atoms with Crippen molar-refractivity contribution in [2.45, 2.75) is 24.3 Å². The Labute approximate surface area is 108 Å². The molecule has 0 bridgehead atoms. The Bertz CT molecular complexity index is 324. The Morgan fingerprint density at radius 3 is 2.60 bits per heavy atom. The molecule has 0 aromatic heterocycles. The van der Waals surface area contributed by atoms with E-state index in [1.807, 2.05) is 6.92 Å². The first-order valence-corrected chi connectivity index (χ1v) is 6.78. The van der Waals surface area contributed by atoms with E-state index in [0.717, 1.165) is 5.75 Å². The fourth-order valence-corrected chi connectivity index (χ4v) is 2.41. The first-order valence-electron chi connectivity index (χ1n) is 4.66. The van der Waals surface area contributed by atoms with Crippen molar-refractivity contribution in [2.24, 2.45) is 0 Å². The summed E-state index contributed by atoms with van der Waals surface area (Å²) in [5.41, 5.74) is 1.25. The van der Waals surface area contributed by atoms with E-state index in [1.165, 1.54) is 9.13 Å². The van der Waals surface area contributed by atoms with Crippen molar-refractivity contribution in [3.63, 3.8) is 0 Å².